The number of methoxy groups -OCH3 is 3. The molecule has 0 saturated heterocycles. The Bertz CT molecular complexity index is 677. The minimum atomic E-state index is -5.54. The topological polar surface area (TPSA) is 71.1 Å². The van der Waals surface area contributed by atoms with Gasteiger partial charge in [0.1, 0.15) is 0 Å². The Kier molecular flexibility index (Phi) is 8.84. The van der Waals surface area contributed by atoms with Crippen molar-refractivity contribution in [2.24, 2.45) is 0 Å². The normalized spacial score (nSPS) is 12.1. The third-order valence-corrected chi connectivity index (χ3v) is 5.50. The molecule has 0 unspecified atom stereocenters. The first-order valence-corrected chi connectivity index (χ1v) is 9.90. The van der Waals surface area contributed by atoms with E-state index in [0.717, 1.165) is 12.0 Å². The van der Waals surface area contributed by atoms with Crippen molar-refractivity contribution >= 4 is 22.2 Å². The highest BCUT2D eigenvalue weighted by Crippen LogP contribution is 2.40. The summed E-state index contributed by atoms with van der Waals surface area (Å²) in [6.45, 7) is 0. The first-order valence-electron chi connectivity index (χ1n) is 7.58. The highest BCUT2D eigenvalue weighted by atomic mass is 32.3. The van der Waals surface area contributed by atoms with Crippen molar-refractivity contribution in [1.82, 2.24) is 0 Å². The summed E-state index contributed by atoms with van der Waals surface area (Å²) in [7, 11) is -0.979. The van der Waals surface area contributed by atoms with Crippen LogP contribution in [-0.2, 0) is 20.2 Å². The van der Waals surface area contributed by atoms with Gasteiger partial charge in [0, 0.05) is 17.8 Å². The Hall–Kier alpha value is -1.33. The van der Waals surface area contributed by atoms with Crippen LogP contribution in [0.25, 0.3) is 0 Å². The van der Waals surface area contributed by atoms with Crippen LogP contribution in [0.2, 0.25) is 0 Å². The van der Waals surface area contributed by atoms with Crippen molar-refractivity contribution in [1.29, 1.82) is 0 Å². The zero-order valence-corrected chi connectivity index (χ0v) is 16.2. The van der Waals surface area contributed by atoms with Gasteiger partial charge in [0.25, 0.3) is 0 Å². The molecule has 0 radical (unpaired) electrons. The molecule has 0 aromatic heterocycles. The van der Waals surface area contributed by atoms with Gasteiger partial charge < -0.3 is 14.2 Å². The van der Waals surface area contributed by atoms with Crippen LogP contribution in [0.4, 0.5) is 13.2 Å². The number of rotatable bonds is 11. The van der Waals surface area contributed by atoms with E-state index in [2.05, 4.69) is 3.63 Å². The average Bonchev–Trinajstić information content (AvgIpc) is 2.58. The van der Waals surface area contributed by atoms with Crippen molar-refractivity contribution in [2.45, 2.75) is 31.2 Å². The molecule has 11 heteroatoms. The number of benzene rings is 1. The SMILES string of the molecule is COc1ccc(CCCCCSOS(=O)(=O)C(F)(F)F)c(OC)c1OC. The van der Waals surface area contributed by atoms with Crippen LogP contribution in [-0.4, -0.2) is 41.0 Å². The predicted molar refractivity (Wildman–Crippen MR) is 92.2 cm³/mol. The molecule has 0 atom stereocenters. The molecular weight excluding hydrogens is 397 g/mol. The Morgan fingerprint density at radius 2 is 1.62 bits per heavy atom. The fourth-order valence-corrected chi connectivity index (χ4v) is 3.56. The zero-order chi connectivity index (χ0) is 19.8. The fourth-order valence-electron chi connectivity index (χ4n) is 2.15. The minimum absolute atomic E-state index is 0.137. The monoisotopic (exact) mass is 418 g/mol. The predicted octanol–water partition coefficient (Wildman–Crippen LogP) is 3.94. The molecule has 0 heterocycles. The van der Waals surface area contributed by atoms with Crippen LogP contribution in [0.1, 0.15) is 24.8 Å². The van der Waals surface area contributed by atoms with E-state index in [-0.39, 0.29) is 17.8 Å². The smallest absolute Gasteiger partial charge is 0.493 e. The Morgan fingerprint density at radius 1 is 0.962 bits per heavy atom. The van der Waals surface area contributed by atoms with Gasteiger partial charge in [0.2, 0.25) is 5.75 Å². The van der Waals surface area contributed by atoms with Crippen molar-refractivity contribution in [3.63, 3.8) is 0 Å². The molecule has 26 heavy (non-hydrogen) atoms. The molecule has 0 N–H and O–H groups in total. The van der Waals surface area contributed by atoms with Crippen LogP contribution in [0.15, 0.2) is 12.1 Å². The van der Waals surface area contributed by atoms with Gasteiger partial charge in [-0.25, -0.2) is 0 Å². The number of hydrogen-bond acceptors (Lipinski definition) is 7. The first-order chi connectivity index (χ1) is 12.2. The minimum Gasteiger partial charge on any atom is -0.493 e. The van der Waals surface area contributed by atoms with Crippen LogP contribution >= 0.6 is 12.0 Å². The van der Waals surface area contributed by atoms with E-state index in [1.807, 2.05) is 6.07 Å². The molecule has 0 aliphatic rings. The Labute approximate surface area is 155 Å². The summed E-state index contributed by atoms with van der Waals surface area (Å²) >= 11 is 0.283. The summed E-state index contributed by atoms with van der Waals surface area (Å²) in [4.78, 5) is 0. The largest absolute Gasteiger partial charge is 0.524 e. The molecule has 0 saturated carbocycles. The van der Waals surface area contributed by atoms with E-state index in [1.54, 1.807) is 6.07 Å². The Balaban J connectivity index is 2.43. The van der Waals surface area contributed by atoms with E-state index in [9.17, 15) is 21.6 Å². The molecule has 150 valence electrons. The summed E-state index contributed by atoms with van der Waals surface area (Å²) in [5, 5.41) is 0. The number of hydrogen-bond donors (Lipinski definition) is 0. The number of ether oxygens (including phenoxy) is 3. The lowest BCUT2D eigenvalue weighted by Crippen LogP contribution is -2.23. The van der Waals surface area contributed by atoms with Crippen LogP contribution in [0.3, 0.4) is 0 Å². The van der Waals surface area contributed by atoms with Gasteiger partial charge in [-0.05, 0) is 30.9 Å². The van der Waals surface area contributed by atoms with Crippen molar-refractivity contribution in [2.75, 3.05) is 27.1 Å². The lowest BCUT2D eigenvalue weighted by molar-refractivity contribution is -0.0494. The van der Waals surface area contributed by atoms with Crippen LogP contribution in [0.5, 0.6) is 17.2 Å². The highest BCUT2D eigenvalue weighted by molar-refractivity contribution is 8.04. The molecule has 0 aliphatic heterocycles. The molecule has 6 nitrogen and oxygen atoms in total. The van der Waals surface area contributed by atoms with Gasteiger partial charge in [-0.3, -0.25) is 0 Å². The van der Waals surface area contributed by atoms with Crippen molar-refractivity contribution in [3.8, 4) is 17.2 Å². The molecule has 1 rings (SSSR count). The van der Waals surface area contributed by atoms with E-state index in [0.29, 0.717) is 36.5 Å². The molecule has 0 aliphatic carbocycles. The number of aryl methyl sites for hydroxylation is 1. The first kappa shape index (κ1) is 22.7. The van der Waals surface area contributed by atoms with Gasteiger partial charge in [0.15, 0.2) is 11.5 Å². The van der Waals surface area contributed by atoms with Gasteiger partial charge in [-0.1, -0.05) is 12.5 Å². The molecule has 1 aromatic rings. The van der Waals surface area contributed by atoms with Crippen molar-refractivity contribution in [3.05, 3.63) is 17.7 Å². The van der Waals surface area contributed by atoms with Crippen LogP contribution < -0.4 is 14.2 Å². The third kappa shape index (κ3) is 6.13. The average molecular weight is 418 g/mol. The maximum Gasteiger partial charge on any atom is 0.524 e. The lowest BCUT2D eigenvalue weighted by atomic mass is 10.1. The summed E-state index contributed by atoms with van der Waals surface area (Å²) in [6, 6.07) is 3.62. The second kappa shape index (κ2) is 10.1. The van der Waals surface area contributed by atoms with E-state index in [4.69, 9.17) is 14.2 Å². The summed E-state index contributed by atoms with van der Waals surface area (Å²) < 4.78 is 77.4. The standard InChI is InChI=1S/C15H21F3O6S2/c1-21-12-9-8-11(13(22-2)14(12)23-3)7-5-4-6-10-25-24-26(19,20)15(16,17)18/h8-9H,4-7,10H2,1-3H3. The van der Waals surface area contributed by atoms with E-state index in [1.165, 1.54) is 21.3 Å². The maximum absolute atomic E-state index is 12.1. The quantitative estimate of drug-likeness (QED) is 0.306. The summed E-state index contributed by atoms with van der Waals surface area (Å²) in [6.07, 6.45) is 2.59. The van der Waals surface area contributed by atoms with Gasteiger partial charge >= 0.3 is 15.6 Å². The van der Waals surface area contributed by atoms with Crippen molar-refractivity contribution < 1.29 is 39.4 Å². The lowest BCUT2D eigenvalue weighted by Gasteiger charge is -2.15. The molecular formula is C15H21F3O6S2. The fraction of sp³-hybridized carbons (Fsp3) is 0.600. The summed E-state index contributed by atoms with van der Waals surface area (Å²) in [5.41, 5.74) is -4.49. The number of unbranched alkanes of at least 4 members (excludes halogenated alkanes) is 2. The van der Waals surface area contributed by atoms with E-state index < -0.39 is 15.6 Å². The van der Waals surface area contributed by atoms with Gasteiger partial charge in [-0.2, -0.15) is 25.2 Å². The Morgan fingerprint density at radius 3 is 2.15 bits per heavy atom. The molecule has 1 aromatic carbocycles. The molecule has 0 amide bonds. The molecule has 0 spiro atoms. The van der Waals surface area contributed by atoms with Gasteiger partial charge in [-0.15, -0.1) is 0 Å². The molecule has 0 fully saturated rings. The van der Waals surface area contributed by atoms with E-state index >= 15 is 0 Å². The highest BCUT2D eigenvalue weighted by Gasteiger charge is 2.47. The molecule has 0 bridgehead atoms. The third-order valence-electron chi connectivity index (χ3n) is 3.38. The second-order valence-electron chi connectivity index (χ2n) is 5.09. The maximum atomic E-state index is 12.1. The summed E-state index contributed by atoms with van der Waals surface area (Å²) in [5.74, 6) is 1.75. The number of halogens is 3. The van der Waals surface area contributed by atoms with Gasteiger partial charge in [0.05, 0.1) is 21.3 Å². The zero-order valence-electron chi connectivity index (χ0n) is 14.6. The second-order valence-corrected chi connectivity index (χ2v) is 7.65. The van der Waals surface area contributed by atoms with Crippen LogP contribution in [0, 0.1) is 0 Å². The number of alkyl halides is 3.